The molecule has 298 valence electrons. The Labute approximate surface area is 324 Å². The molecule has 2 aromatic rings. The van der Waals surface area contributed by atoms with Gasteiger partial charge in [-0.2, -0.15) is 4.21 Å². The largest absolute Gasteiger partial charge is 0.504 e. The van der Waals surface area contributed by atoms with Crippen LogP contribution in [0.1, 0.15) is 140 Å². The van der Waals surface area contributed by atoms with E-state index in [1.165, 1.54) is 29.2 Å². The molecule has 0 aliphatic heterocycles. The maximum atomic E-state index is 13.7. The molecule has 0 radical (unpaired) electrons. The lowest BCUT2D eigenvalue weighted by molar-refractivity contribution is -0.140. The van der Waals surface area contributed by atoms with Crippen molar-refractivity contribution < 1.29 is 41.8 Å². The standard InChI is InChI=1S/C40H54O7S.C4H8O2/c1-5-44-35-21-29-23(19-33(35)41)7-9-27-25(29)15-17-39(3)31(27)11-13-37(39)46-48(43)47-38-14-12-32-28-10-8-24-20-34(42)36(45-6-2)22-30(24)26(28)16-18-40(32,38)4;1-3-6-4(2)5/h19-22,25-28,31-32,37-38,41-42H,5-18H2,1-4H3;3H2,1-2H3/t25-,26+,27+,28-,31-,32+,37?,38?,39-,40+,48?;. The summed E-state index contributed by atoms with van der Waals surface area (Å²) in [7, 11) is 0. The van der Waals surface area contributed by atoms with Gasteiger partial charge in [0.25, 0.3) is 0 Å². The Bertz CT molecular complexity index is 1600. The van der Waals surface area contributed by atoms with Gasteiger partial charge >= 0.3 is 17.3 Å². The normalized spacial score (nSPS) is 35.1. The summed E-state index contributed by atoms with van der Waals surface area (Å²) in [5.74, 6) is 4.63. The summed E-state index contributed by atoms with van der Waals surface area (Å²) in [5.41, 5.74) is 5.23. The van der Waals surface area contributed by atoms with Crippen LogP contribution < -0.4 is 9.47 Å². The van der Waals surface area contributed by atoms with E-state index in [-0.39, 0.29) is 40.5 Å². The molecule has 0 aromatic heterocycles. The number of carbonyl (C=O) groups excluding carboxylic acids is 1. The first-order chi connectivity index (χ1) is 25.9. The summed E-state index contributed by atoms with van der Waals surface area (Å²) in [4.78, 5) is 9.82. The number of ether oxygens (including phenoxy) is 3. The third kappa shape index (κ3) is 7.17. The van der Waals surface area contributed by atoms with Crippen LogP contribution in [0.4, 0.5) is 0 Å². The fraction of sp³-hybridized carbons (Fsp3) is 0.705. The second-order valence-corrected chi connectivity index (χ2v) is 18.1. The molecule has 4 fully saturated rings. The van der Waals surface area contributed by atoms with Gasteiger partial charge in [0.1, 0.15) is 0 Å². The summed E-state index contributed by atoms with van der Waals surface area (Å²) in [5, 5.41) is 21.0. The van der Waals surface area contributed by atoms with Gasteiger partial charge in [0.15, 0.2) is 23.0 Å². The lowest BCUT2D eigenvalue weighted by Crippen LogP contribution is -2.46. The van der Waals surface area contributed by atoms with Crippen LogP contribution in [0.5, 0.6) is 23.0 Å². The number of hydrogen-bond donors (Lipinski definition) is 2. The van der Waals surface area contributed by atoms with Gasteiger partial charge in [0.05, 0.1) is 32.0 Å². The first-order valence-corrected chi connectivity index (χ1v) is 21.8. The molecule has 2 aromatic carbocycles. The number of rotatable bonds is 9. The van der Waals surface area contributed by atoms with Gasteiger partial charge in [-0.15, -0.1) is 0 Å². The van der Waals surface area contributed by atoms with E-state index in [1.54, 1.807) is 6.92 Å². The van der Waals surface area contributed by atoms with Crippen molar-refractivity contribution in [2.45, 2.75) is 143 Å². The SMILES string of the molecule is CCOC(C)=O.CCOc1cc2c(cc1O)CC[C@@H]1[C@@H]2CC[C@]2(C)C(OS(=O)OC3CC[C@@H]4[C@H]5CCc6cc(O)c(OCC)cc6[C@@H]5CC[C@@]34C)CC[C@@H]12. The Balaban J connectivity index is 0.000000695. The highest BCUT2D eigenvalue weighted by Gasteiger charge is 2.58. The lowest BCUT2D eigenvalue weighted by Gasteiger charge is -2.51. The van der Waals surface area contributed by atoms with Gasteiger partial charge < -0.3 is 24.4 Å². The van der Waals surface area contributed by atoms with Gasteiger partial charge in [-0.3, -0.25) is 13.2 Å². The van der Waals surface area contributed by atoms with Gasteiger partial charge in [-0.25, -0.2) is 0 Å². The summed E-state index contributed by atoms with van der Waals surface area (Å²) in [6.07, 6.45) is 12.4. The molecule has 9 nitrogen and oxygen atoms in total. The highest BCUT2D eigenvalue weighted by atomic mass is 32.2. The third-order valence-corrected chi connectivity index (χ3v) is 15.6. The van der Waals surface area contributed by atoms with Crippen LogP contribution in [0.2, 0.25) is 0 Å². The van der Waals surface area contributed by atoms with Gasteiger partial charge in [0.2, 0.25) is 0 Å². The molecule has 8 rings (SSSR count). The molecule has 10 heteroatoms. The zero-order valence-electron chi connectivity index (χ0n) is 33.2. The molecule has 0 bridgehead atoms. The number of hydrogen-bond acceptors (Lipinski definition) is 9. The van der Waals surface area contributed by atoms with Crippen molar-refractivity contribution in [1.82, 2.24) is 0 Å². The molecular formula is C44H62O9S. The van der Waals surface area contributed by atoms with Crippen LogP contribution >= 0.6 is 0 Å². The van der Waals surface area contributed by atoms with E-state index in [0.717, 1.165) is 77.0 Å². The topological polar surface area (TPSA) is 121 Å². The predicted molar refractivity (Wildman–Crippen MR) is 208 cm³/mol. The predicted octanol–water partition coefficient (Wildman–Crippen LogP) is 9.23. The number of esters is 1. The Kier molecular flexibility index (Phi) is 11.7. The summed E-state index contributed by atoms with van der Waals surface area (Å²) >= 11 is -1.78. The van der Waals surface area contributed by atoms with Crippen LogP contribution in [0, 0.1) is 34.5 Å². The van der Waals surface area contributed by atoms with E-state index >= 15 is 0 Å². The van der Waals surface area contributed by atoms with Crippen LogP contribution in [0.25, 0.3) is 0 Å². The van der Waals surface area contributed by atoms with Crippen LogP contribution in [-0.4, -0.2) is 52.4 Å². The molecule has 6 aliphatic carbocycles. The molecule has 0 saturated heterocycles. The van der Waals surface area contributed by atoms with E-state index in [9.17, 15) is 19.2 Å². The summed E-state index contributed by atoms with van der Waals surface area (Å²) in [6, 6.07) is 8.08. The van der Waals surface area contributed by atoms with Crippen molar-refractivity contribution in [2.75, 3.05) is 19.8 Å². The first-order valence-electron chi connectivity index (χ1n) is 20.8. The van der Waals surface area contributed by atoms with E-state index in [0.29, 0.717) is 66.8 Å². The number of phenols is 2. The maximum absolute atomic E-state index is 13.7. The minimum Gasteiger partial charge on any atom is -0.504 e. The molecule has 4 saturated carbocycles. The molecule has 2 N–H and O–H groups in total. The van der Waals surface area contributed by atoms with E-state index in [2.05, 4.69) is 30.7 Å². The van der Waals surface area contributed by atoms with Gasteiger partial charge in [0, 0.05) is 6.92 Å². The fourth-order valence-electron chi connectivity index (χ4n) is 12.4. The van der Waals surface area contributed by atoms with Gasteiger partial charge in [-0.05, 0) is 191 Å². The smallest absolute Gasteiger partial charge is 0.305 e. The molecule has 0 spiro atoms. The van der Waals surface area contributed by atoms with Crippen molar-refractivity contribution >= 4 is 17.3 Å². The van der Waals surface area contributed by atoms with Crippen LogP contribution in [0.15, 0.2) is 24.3 Å². The quantitative estimate of drug-likeness (QED) is 0.241. The molecular weight excluding hydrogens is 705 g/mol. The third-order valence-electron chi connectivity index (χ3n) is 14.8. The zero-order chi connectivity index (χ0) is 38.4. The number of aromatic hydroxyl groups is 2. The minimum atomic E-state index is -1.78. The molecule has 6 aliphatic rings. The van der Waals surface area contributed by atoms with E-state index in [4.69, 9.17) is 17.8 Å². The maximum Gasteiger partial charge on any atom is 0.305 e. The fourth-order valence-corrected chi connectivity index (χ4v) is 13.4. The minimum absolute atomic E-state index is 0.0121. The summed E-state index contributed by atoms with van der Waals surface area (Å²) in [6.45, 7) is 13.4. The molecule has 54 heavy (non-hydrogen) atoms. The average molecular weight is 767 g/mol. The molecule has 0 heterocycles. The van der Waals surface area contributed by atoms with Crippen molar-refractivity contribution in [2.24, 2.45) is 34.5 Å². The van der Waals surface area contributed by atoms with E-state index < -0.39 is 11.4 Å². The van der Waals surface area contributed by atoms with Gasteiger partial charge in [-0.1, -0.05) is 13.8 Å². The number of phenolic OH excluding ortho intramolecular Hbond substituents is 2. The Hall–Kier alpha value is -2.82. The average Bonchev–Trinajstić information content (AvgIpc) is 3.64. The second-order valence-electron chi connectivity index (χ2n) is 17.3. The highest BCUT2D eigenvalue weighted by Crippen LogP contribution is 2.64. The Morgan fingerprint density at radius 1 is 0.685 bits per heavy atom. The lowest BCUT2D eigenvalue weighted by atomic mass is 9.55. The first kappa shape index (κ1) is 39.4. The molecule has 0 amide bonds. The van der Waals surface area contributed by atoms with E-state index in [1.807, 2.05) is 26.0 Å². The number of carbonyl (C=O) groups is 1. The monoisotopic (exact) mass is 766 g/mol. The number of fused-ring (bicyclic) bond motifs is 10. The molecule has 11 atom stereocenters. The summed E-state index contributed by atoms with van der Waals surface area (Å²) < 4.78 is 42.6. The van der Waals surface area contributed by atoms with Crippen LogP contribution in [-0.2, 0) is 42.1 Å². The number of benzene rings is 2. The second kappa shape index (κ2) is 16.0. The van der Waals surface area contributed by atoms with Crippen molar-refractivity contribution in [3.63, 3.8) is 0 Å². The van der Waals surface area contributed by atoms with Crippen LogP contribution in [0.3, 0.4) is 0 Å². The van der Waals surface area contributed by atoms with Crippen molar-refractivity contribution in [3.05, 3.63) is 46.5 Å². The molecule has 3 unspecified atom stereocenters. The number of aryl methyl sites for hydroxylation is 2. The Morgan fingerprint density at radius 3 is 1.50 bits per heavy atom. The van der Waals surface area contributed by atoms with Crippen molar-refractivity contribution in [3.8, 4) is 23.0 Å². The highest BCUT2D eigenvalue weighted by molar-refractivity contribution is 7.75. The Morgan fingerprint density at radius 2 is 1.13 bits per heavy atom. The zero-order valence-corrected chi connectivity index (χ0v) is 34.0. The van der Waals surface area contributed by atoms with Crippen molar-refractivity contribution in [1.29, 1.82) is 0 Å².